The second-order valence-corrected chi connectivity index (χ2v) is 9.96. The summed E-state index contributed by atoms with van der Waals surface area (Å²) in [6.07, 6.45) is 5.04. The van der Waals surface area contributed by atoms with Crippen LogP contribution < -0.4 is 10.0 Å². The van der Waals surface area contributed by atoms with Gasteiger partial charge in [-0.3, -0.25) is 14.5 Å². The smallest absolute Gasteiger partial charge is 0.264 e. The molecule has 2 aromatic heterocycles. The molecule has 0 unspecified atom stereocenters. The van der Waals surface area contributed by atoms with Crippen molar-refractivity contribution in [2.24, 2.45) is 4.99 Å². The molecule has 0 atom stereocenters. The predicted molar refractivity (Wildman–Crippen MR) is 134 cm³/mol. The highest BCUT2D eigenvalue weighted by Crippen LogP contribution is 2.29. The van der Waals surface area contributed by atoms with E-state index in [0.29, 0.717) is 15.8 Å². The highest BCUT2D eigenvalue weighted by Gasteiger charge is 2.24. The maximum absolute atomic E-state index is 12.5. The second kappa shape index (κ2) is 9.08. The second-order valence-electron chi connectivity index (χ2n) is 7.25. The molecule has 5 rings (SSSR count). The fourth-order valence-electron chi connectivity index (χ4n) is 3.25. The molecule has 0 bridgehead atoms. The largest absolute Gasteiger partial charge is 0.300 e. The molecule has 0 spiro atoms. The molecule has 168 valence electrons. The Balaban J connectivity index is 1.32. The van der Waals surface area contributed by atoms with E-state index >= 15 is 0 Å². The quantitative estimate of drug-likeness (QED) is 0.405. The SMILES string of the molecule is O=C1NC(=Nc2ccc(S(=O)(=O)Nc3ccccn3)cc2)S/C1=C/c1ccc2ncccc2c1. The lowest BCUT2D eigenvalue weighted by atomic mass is 10.1. The van der Waals surface area contributed by atoms with E-state index in [9.17, 15) is 13.2 Å². The first-order chi connectivity index (χ1) is 16.5. The first kappa shape index (κ1) is 21.8. The summed E-state index contributed by atoms with van der Waals surface area (Å²) >= 11 is 1.22. The summed E-state index contributed by atoms with van der Waals surface area (Å²) < 4.78 is 27.5. The van der Waals surface area contributed by atoms with Crippen LogP contribution in [0.15, 0.2) is 100.0 Å². The average molecular weight is 488 g/mol. The van der Waals surface area contributed by atoms with Gasteiger partial charge < -0.3 is 5.32 Å². The number of amides is 1. The third kappa shape index (κ3) is 4.82. The lowest BCUT2D eigenvalue weighted by Gasteiger charge is -2.07. The molecule has 1 aliphatic heterocycles. The van der Waals surface area contributed by atoms with Crippen LogP contribution in [-0.2, 0) is 14.8 Å². The van der Waals surface area contributed by atoms with Crippen LogP contribution in [0.4, 0.5) is 11.5 Å². The Bertz CT molecular complexity index is 1550. The monoisotopic (exact) mass is 487 g/mol. The molecular formula is C24H17N5O3S2. The van der Waals surface area contributed by atoms with Gasteiger partial charge in [0.05, 0.1) is 21.0 Å². The molecule has 1 aliphatic rings. The number of nitrogens with one attached hydrogen (secondary N) is 2. The third-order valence-electron chi connectivity index (χ3n) is 4.86. The van der Waals surface area contributed by atoms with Gasteiger partial charge in [-0.25, -0.2) is 18.4 Å². The third-order valence-corrected chi connectivity index (χ3v) is 7.14. The minimum Gasteiger partial charge on any atom is -0.300 e. The van der Waals surface area contributed by atoms with Gasteiger partial charge in [-0.1, -0.05) is 18.2 Å². The van der Waals surface area contributed by atoms with Crippen molar-refractivity contribution in [3.05, 3.63) is 95.7 Å². The van der Waals surface area contributed by atoms with E-state index in [4.69, 9.17) is 0 Å². The summed E-state index contributed by atoms with van der Waals surface area (Å²) in [5.74, 6) is -0.00678. The molecule has 1 amide bonds. The minimum absolute atomic E-state index is 0.0802. The van der Waals surface area contributed by atoms with Crippen LogP contribution in [-0.4, -0.2) is 29.5 Å². The van der Waals surface area contributed by atoms with E-state index in [1.807, 2.05) is 30.3 Å². The maximum atomic E-state index is 12.5. The first-order valence-electron chi connectivity index (χ1n) is 10.1. The standard InChI is InChI=1S/C24H17N5O3S2/c30-23-21(15-16-6-11-20-17(14-16)4-3-13-25-20)33-24(28-23)27-18-7-9-19(10-8-18)34(31,32)29-22-5-1-2-12-26-22/h1-15H,(H,26,29)(H,27,28,30)/b21-15+. The van der Waals surface area contributed by atoms with Gasteiger partial charge in [0.2, 0.25) is 0 Å². The van der Waals surface area contributed by atoms with Gasteiger partial charge in [0, 0.05) is 17.8 Å². The summed E-state index contributed by atoms with van der Waals surface area (Å²) in [7, 11) is -3.77. The number of aliphatic imine (C=N–C) groups is 1. The first-order valence-corrected chi connectivity index (χ1v) is 12.4. The zero-order valence-corrected chi connectivity index (χ0v) is 19.2. The Morgan fingerprint density at radius 2 is 1.76 bits per heavy atom. The number of nitrogens with zero attached hydrogens (tertiary/aromatic N) is 3. The van der Waals surface area contributed by atoms with Crippen LogP contribution in [0.2, 0.25) is 0 Å². The Hall–Kier alpha value is -4.02. The highest BCUT2D eigenvalue weighted by molar-refractivity contribution is 8.18. The highest BCUT2D eigenvalue weighted by atomic mass is 32.2. The summed E-state index contributed by atoms with van der Waals surface area (Å²) in [4.78, 5) is 25.7. The van der Waals surface area contributed by atoms with Crippen LogP contribution in [0.3, 0.4) is 0 Å². The molecule has 3 heterocycles. The van der Waals surface area contributed by atoms with Gasteiger partial charge >= 0.3 is 0 Å². The molecule has 1 fully saturated rings. The molecule has 1 saturated heterocycles. The number of aromatic nitrogens is 2. The number of rotatable bonds is 5. The number of carbonyl (C=O) groups is 1. The van der Waals surface area contributed by atoms with Gasteiger partial charge in [-0.15, -0.1) is 0 Å². The molecule has 2 aromatic carbocycles. The summed E-state index contributed by atoms with van der Waals surface area (Å²) in [5.41, 5.74) is 2.28. The van der Waals surface area contributed by atoms with Crippen molar-refractivity contribution >= 4 is 61.3 Å². The number of thioether (sulfide) groups is 1. The zero-order chi connectivity index (χ0) is 23.5. The van der Waals surface area contributed by atoms with Crippen LogP contribution in [0, 0.1) is 0 Å². The topological polar surface area (TPSA) is 113 Å². The Morgan fingerprint density at radius 3 is 2.56 bits per heavy atom. The normalized spacial score (nSPS) is 16.2. The van der Waals surface area contributed by atoms with Crippen molar-refractivity contribution in [1.82, 2.24) is 15.3 Å². The van der Waals surface area contributed by atoms with E-state index in [1.165, 1.54) is 30.1 Å². The number of fused-ring (bicyclic) bond motifs is 1. The van der Waals surface area contributed by atoms with Crippen molar-refractivity contribution in [1.29, 1.82) is 0 Å². The fraction of sp³-hybridized carbons (Fsp3) is 0. The molecule has 0 saturated carbocycles. The molecule has 34 heavy (non-hydrogen) atoms. The summed E-state index contributed by atoms with van der Waals surface area (Å²) in [5, 5.41) is 4.15. The minimum atomic E-state index is -3.77. The lowest BCUT2D eigenvalue weighted by molar-refractivity contribution is -0.115. The Morgan fingerprint density at radius 1 is 0.941 bits per heavy atom. The summed E-state index contributed by atoms with van der Waals surface area (Å²) in [6, 6.07) is 20.6. The number of pyridine rings is 2. The number of hydrogen-bond acceptors (Lipinski definition) is 7. The fourth-order valence-corrected chi connectivity index (χ4v) is 5.10. The van der Waals surface area contributed by atoms with Gasteiger partial charge in [-0.2, -0.15) is 0 Å². The van der Waals surface area contributed by atoms with E-state index in [-0.39, 0.29) is 16.6 Å². The van der Waals surface area contributed by atoms with Gasteiger partial charge in [0.25, 0.3) is 15.9 Å². The molecular weight excluding hydrogens is 470 g/mol. The number of anilines is 1. The number of amidine groups is 1. The van der Waals surface area contributed by atoms with E-state index in [1.54, 1.807) is 42.6 Å². The zero-order valence-electron chi connectivity index (χ0n) is 17.5. The Labute approximate surface area is 199 Å². The predicted octanol–water partition coefficient (Wildman–Crippen LogP) is 4.32. The van der Waals surface area contributed by atoms with E-state index in [0.717, 1.165) is 16.5 Å². The van der Waals surface area contributed by atoms with Crippen LogP contribution in [0.5, 0.6) is 0 Å². The van der Waals surface area contributed by atoms with Crippen molar-refractivity contribution in [3.63, 3.8) is 0 Å². The number of benzene rings is 2. The summed E-state index contributed by atoms with van der Waals surface area (Å²) in [6.45, 7) is 0. The number of sulfonamides is 1. The van der Waals surface area contributed by atoms with Crippen molar-refractivity contribution in [2.75, 3.05) is 4.72 Å². The van der Waals surface area contributed by atoms with Crippen molar-refractivity contribution in [2.45, 2.75) is 4.90 Å². The van der Waals surface area contributed by atoms with Crippen molar-refractivity contribution < 1.29 is 13.2 Å². The Kier molecular flexibility index (Phi) is 5.83. The van der Waals surface area contributed by atoms with Gasteiger partial charge in [0.15, 0.2) is 5.17 Å². The average Bonchev–Trinajstić information content (AvgIpc) is 3.18. The number of carbonyl (C=O) groups excluding carboxylic acids is 1. The number of hydrogen-bond donors (Lipinski definition) is 2. The van der Waals surface area contributed by atoms with Gasteiger partial charge in [-0.05, 0) is 78.0 Å². The molecule has 0 radical (unpaired) electrons. The lowest BCUT2D eigenvalue weighted by Crippen LogP contribution is -2.19. The van der Waals surface area contributed by atoms with Crippen LogP contribution >= 0.6 is 11.8 Å². The molecule has 2 N–H and O–H groups in total. The van der Waals surface area contributed by atoms with Gasteiger partial charge in [0.1, 0.15) is 5.82 Å². The maximum Gasteiger partial charge on any atom is 0.264 e. The van der Waals surface area contributed by atoms with E-state index in [2.05, 4.69) is 25.0 Å². The van der Waals surface area contributed by atoms with Crippen LogP contribution in [0.1, 0.15) is 5.56 Å². The molecule has 10 heteroatoms. The van der Waals surface area contributed by atoms with E-state index < -0.39 is 10.0 Å². The van der Waals surface area contributed by atoms with Crippen molar-refractivity contribution in [3.8, 4) is 0 Å². The molecule has 8 nitrogen and oxygen atoms in total. The molecule has 0 aliphatic carbocycles. The molecule has 4 aromatic rings. The van der Waals surface area contributed by atoms with Crippen LogP contribution in [0.25, 0.3) is 17.0 Å².